The van der Waals surface area contributed by atoms with E-state index >= 15 is 0 Å². The Morgan fingerprint density at radius 3 is 2.93 bits per heavy atom. The van der Waals surface area contributed by atoms with Gasteiger partial charge in [-0.15, -0.1) is 4.36 Å². The van der Waals surface area contributed by atoms with Crippen LogP contribution in [-0.2, 0) is 10.5 Å². The van der Waals surface area contributed by atoms with Gasteiger partial charge in [0.15, 0.2) is 0 Å². The van der Waals surface area contributed by atoms with Crippen LogP contribution >= 0.6 is 0 Å². The highest BCUT2D eigenvalue weighted by Gasteiger charge is 2.29. The number of fused-ring (bicyclic) bond motifs is 1. The van der Waals surface area contributed by atoms with Crippen molar-refractivity contribution in [1.29, 1.82) is 0 Å². The lowest BCUT2D eigenvalue weighted by atomic mass is 10.1. The first-order chi connectivity index (χ1) is 13.0. The second-order valence-corrected chi connectivity index (χ2v) is 6.95. The second kappa shape index (κ2) is 6.97. The molecule has 0 aliphatic heterocycles. The number of H-pyrrole nitrogens is 1. The predicted octanol–water partition coefficient (Wildman–Crippen LogP) is 2.16. The molecule has 0 radical (unpaired) electrons. The zero-order valence-corrected chi connectivity index (χ0v) is 14.9. The molecule has 0 spiro atoms. The van der Waals surface area contributed by atoms with E-state index in [9.17, 15) is 18.3 Å². The van der Waals surface area contributed by atoms with Crippen molar-refractivity contribution in [1.82, 2.24) is 15.3 Å². The molecule has 3 aromatic heterocycles. The minimum absolute atomic E-state index is 0.140. The minimum atomic E-state index is -2.62. The number of amides is 1. The Bertz CT molecular complexity index is 1130. The fourth-order valence-corrected chi connectivity index (χ4v) is 3.66. The Balaban J connectivity index is 1.83. The number of hydrogen-bond acceptors (Lipinski definition) is 7. The van der Waals surface area contributed by atoms with Gasteiger partial charge < -0.3 is 19.8 Å². The molecule has 1 amide bonds. The van der Waals surface area contributed by atoms with Gasteiger partial charge in [-0.1, -0.05) is 0 Å². The molecule has 1 aliphatic rings. The van der Waals surface area contributed by atoms with Crippen LogP contribution in [0, 0.1) is 0 Å². The van der Waals surface area contributed by atoms with E-state index in [1.165, 1.54) is 18.5 Å². The normalized spacial score (nSPS) is 19.3. The van der Waals surface area contributed by atoms with E-state index in [2.05, 4.69) is 19.6 Å². The first-order valence-corrected chi connectivity index (χ1v) is 9.42. The lowest BCUT2D eigenvalue weighted by Gasteiger charge is -2.16. The van der Waals surface area contributed by atoms with Crippen molar-refractivity contribution >= 4 is 33.1 Å². The standard InChI is InChI=1S/C17H16N4O5S/c22-12-4-1-3-11(12)19-17(23)15-14(13-5-2-6-26-13)10-7-9(21-27(24)25)8-18-16(10)20-15/h2,5-8,11-12,22H,1,3-4H2,(H,18,20)(H,19,23). The molecule has 3 aromatic rings. The van der Waals surface area contributed by atoms with Crippen LogP contribution in [-0.4, -0.2) is 41.5 Å². The lowest BCUT2D eigenvalue weighted by Crippen LogP contribution is -2.40. The molecule has 0 saturated heterocycles. The molecule has 2 atom stereocenters. The molecule has 3 N–H and O–H groups in total. The maximum atomic E-state index is 12.8. The van der Waals surface area contributed by atoms with Crippen LogP contribution in [0.15, 0.2) is 39.4 Å². The number of carbonyl (C=O) groups excluding carboxylic acids is 1. The molecule has 0 aromatic carbocycles. The number of aliphatic hydroxyl groups excluding tert-OH is 1. The van der Waals surface area contributed by atoms with Gasteiger partial charge in [0.2, 0.25) is 0 Å². The first kappa shape index (κ1) is 17.4. The molecule has 2 unspecified atom stereocenters. The average molecular weight is 388 g/mol. The third kappa shape index (κ3) is 3.36. The van der Waals surface area contributed by atoms with Gasteiger partial charge in [-0.2, -0.15) is 8.42 Å². The van der Waals surface area contributed by atoms with E-state index in [4.69, 9.17) is 4.42 Å². The molecular weight excluding hydrogens is 372 g/mol. The maximum Gasteiger partial charge on any atom is 0.316 e. The fourth-order valence-electron chi connectivity index (χ4n) is 3.39. The summed E-state index contributed by atoms with van der Waals surface area (Å²) in [5.41, 5.74) is 1.23. The van der Waals surface area contributed by atoms with Crippen LogP contribution in [0.25, 0.3) is 22.4 Å². The summed E-state index contributed by atoms with van der Waals surface area (Å²) in [6, 6.07) is 4.59. The summed E-state index contributed by atoms with van der Waals surface area (Å²) in [5.74, 6) is 0.0387. The third-order valence-electron chi connectivity index (χ3n) is 4.61. The van der Waals surface area contributed by atoms with Crippen molar-refractivity contribution in [3.8, 4) is 11.3 Å². The van der Waals surface area contributed by atoms with Crippen LogP contribution in [0.2, 0.25) is 0 Å². The highest BCUT2D eigenvalue weighted by molar-refractivity contribution is 7.61. The third-order valence-corrected chi connectivity index (χ3v) is 4.97. The van der Waals surface area contributed by atoms with Gasteiger partial charge in [0.25, 0.3) is 5.91 Å². The molecule has 27 heavy (non-hydrogen) atoms. The number of rotatable bonds is 4. The summed E-state index contributed by atoms with van der Waals surface area (Å²) in [6.07, 6.45) is 4.42. The molecule has 3 heterocycles. The fraction of sp³-hybridized carbons (Fsp3) is 0.294. The molecule has 4 rings (SSSR count). The Morgan fingerprint density at radius 2 is 2.26 bits per heavy atom. The monoisotopic (exact) mass is 388 g/mol. The summed E-state index contributed by atoms with van der Waals surface area (Å²) in [4.78, 5) is 20.0. The Morgan fingerprint density at radius 1 is 1.41 bits per heavy atom. The van der Waals surface area contributed by atoms with Crippen LogP contribution in [0.5, 0.6) is 0 Å². The largest absolute Gasteiger partial charge is 0.464 e. The SMILES string of the molecule is O=C(NC1CCCC1O)c1[nH]c2ncc(N=S(=O)=O)cc2c1-c1ccco1. The number of aliphatic hydroxyl groups is 1. The van der Waals surface area contributed by atoms with Crippen molar-refractivity contribution in [3.05, 3.63) is 36.4 Å². The van der Waals surface area contributed by atoms with Gasteiger partial charge in [0, 0.05) is 5.39 Å². The van der Waals surface area contributed by atoms with E-state index in [-0.39, 0.29) is 17.4 Å². The number of nitrogens with one attached hydrogen (secondary N) is 2. The Kier molecular flexibility index (Phi) is 4.50. The van der Waals surface area contributed by atoms with Gasteiger partial charge in [-0.3, -0.25) is 4.79 Å². The lowest BCUT2D eigenvalue weighted by molar-refractivity contribution is 0.0869. The summed E-state index contributed by atoms with van der Waals surface area (Å²) < 4.78 is 30.6. The molecule has 10 heteroatoms. The molecule has 1 aliphatic carbocycles. The smallest absolute Gasteiger partial charge is 0.316 e. The highest BCUT2D eigenvalue weighted by Crippen LogP contribution is 2.34. The van der Waals surface area contributed by atoms with Gasteiger partial charge in [0.1, 0.15) is 22.8 Å². The Labute approximate surface area is 155 Å². The predicted molar refractivity (Wildman–Crippen MR) is 95.9 cm³/mol. The number of aromatic amines is 1. The number of pyridine rings is 1. The van der Waals surface area contributed by atoms with Gasteiger partial charge in [-0.25, -0.2) is 4.98 Å². The van der Waals surface area contributed by atoms with Crippen molar-refractivity contribution in [2.75, 3.05) is 0 Å². The van der Waals surface area contributed by atoms with Crippen molar-refractivity contribution in [2.45, 2.75) is 31.4 Å². The summed E-state index contributed by atoms with van der Waals surface area (Å²) >= 11 is 0. The van der Waals surface area contributed by atoms with Crippen LogP contribution < -0.4 is 5.32 Å². The van der Waals surface area contributed by atoms with Gasteiger partial charge >= 0.3 is 10.5 Å². The number of aromatic nitrogens is 2. The Hall–Kier alpha value is -2.98. The zero-order valence-electron chi connectivity index (χ0n) is 14.0. The number of hydrogen-bond donors (Lipinski definition) is 3. The maximum absolute atomic E-state index is 12.8. The average Bonchev–Trinajstić information content (AvgIpc) is 3.34. The first-order valence-electron chi connectivity index (χ1n) is 8.38. The van der Waals surface area contributed by atoms with E-state index in [0.29, 0.717) is 35.2 Å². The molecule has 1 fully saturated rings. The van der Waals surface area contributed by atoms with Crippen molar-refractivity contribution in [2.24, 2.45) is 4.36 Å². The molecule has 1 saturated carbocycles. The van der Waals surface area contributed by atoms with E-state index in [1.54, 1.807) is 12.1 Å². The van der Waals surface area contributed by atoms with Crippen LogP contribution in [0.3, 0.4) is 0 Å². The molecular formula is C17H16N4O5S. The molecule has 9 nitrogen and oxygen atoms in total. The van der Waals surface area contributed by atoms with E-state index < -0.39 is 22.5 Å². The topological polar surface area (TPSA) is 138 Å². The summed E-state index contributed by atoms with van der Waals surface area (Å²) in [6.45, 7) is 0. The highest BCUT2D eigenvalue weighted by atomic mass is 32.2. The molecule has 0 bridgehead atoms. The second-order valence-electron chi connectivity index (χ2n) is 6.33. The number of carbonyl (C=O) groups is 1. The van der Waals surface area contributed by atoms with Crippen molar-refractivity contribution in [3.63, 3.8) is 0 Å². The summed E-state index contributed by atoms with van der Waals surface area (Å²) in [7, 11) is -2.62. The zero-order chi connectivity index (χ0) is 19.0. The number of nitrogens with zero attached hydrogens (tertiary/aromatic N) is 2. The number of furan rings is 1. The minimum Gasteiger partial charge on any atom is -0.464 e. The molecule has 140 valence electrons. The van der Waals surface area contributed by atoms with Crippen LogP contribution in [0.1, 0.15) is 29.8 Å². The van der Waals surface area contributed by atoms with Crippen LogP contribution in [0.4, 0.5) is 5.69 Å². The van der Waals surface area contributed by atoms with Crippen molar-refractivity contribution < 1.29 is 22.7 Å². The van der Waals surface area contributed by atoms with E-state index in [1.807, 2.05) is 0 Å². The van der Waals surface area contributed by atoms with Gasteiger partial charge in [-0.05, 0) is 37.5 Å². The van der Waals surface area contributed by atoms with Gasteiger partial charge in [0.05, 0.1) is 30.2 Å². The van der Waals surface area contributed by atoms with E-state index in [0.717, 1.165) is 6.42 Å². The summed E-state index contributed by atoms with van der Waals surface area (Å²) in [5, 5.41) is 13.3. The quantitative estimate of drug-likeness (QED) is 0.626.